The monoisotopic (exact) mass is 264 g/mol. The summed E-state index contributed by atoms with van der Waals surface area (Å²) in [5.74, 6) is 0.884. The molecule has 1 atom stereocenters. The molecule has 0 spiro atoms. The first-order valence-corrected chi connectivity index (χ1v) is 6.60. The lowest BCUT2D eigenvalue weighted by atomic mass is 10.1. The van der Waals surface area contributed by atoms with Crippen LogP contribution in [0.4, 0.5) is 5.69 Å². The number of benzene rings is 1. The zero-order chi connectivity index (χ0) is 13.7. The maximum atomic E-state index is 11.2. The van der Waals surface area contributed by atoms with E-state index in [1.54, 1.807) is 0 Å². The first-order chi connectivity index (χ1) is 9.22. The summed E-state index contributed by atoms with van der Waals surface area (Å²) in [5.41, 5.74) is 1.81. The number of amides is 1. The van der Waals surface area contributed by atoms with Gasteiger partial charge in [0, 0.05) is 19.7 Å². The van der Waals surface area contributed by atoms with Gasteiger partial charge in [-0.2, -0.15) is 0 Å². The van der Waals surface area contributed by atoms with Gasteiger partial charge in [0.1, 0.15) is 5.75 Å². The average molecular weight is 264 g/mol. The second-order valence-corrected chi connectivity index (χ2v) is 4.76. The number of hydrogen-bond donors (Lipinski definition) is 3. The molecule has 1 aromatic rings. The van der Waals surface area contributed by atoms with Gasteiger partial charge in [0.25, 0.3) is 5.91 Å². The van der Waals surface area contributed by atoms with Gasteiger partial charge in [-0.25, -0.2) is 0 Å². The average Bonchev–Trinajstić information content (AvgIpc) is 2.43. The quantitative estimate of drug-likeness (QED) is 0.720. The zero-order valence-electron chi connectivity index (χ0n) is 11.1. The van der Waals surface area contributed by atoms with Gasteiger partial charge >= 0.3 is 0 Å². The summed E-state index contributed by atoms with van der Waals surface area (Å²) in [6, 6.07) is 5.76. The molecule has 0 saturated carbocycles. The minimum Gasteiger partial charge on any atom is -0.482 e. The highest BCUT2D eigenvalue weighted by atomic mass is 16.5. The van der Waals surface area contributed by atoms with Gasteiger partial charge in [-0.15, -0.1) is 0 Å². The normalized spacial score (nSPS) is 15.4. The van der Waals surface area contributed by atoms with Gasteiger partial charge in [-0.3, -0.25) is 4.79 Å². The molecule has 1 amide bonds. The molecule has 19 heavy (non-hydrogen) atoms. The number of hydrogen-bond acceptors (Lipinski definition) is 4. The van der Waals surface area contributed by atoms with Crippen molar-refractivity contribution in [2.24, 2.45) is 5.92 Å². The van der Waals surface area contributed by atoms with Gasteiger partial charge in [0.2, 0.25) is 0 Å². The maximum absolute atomic E-state index is 11.2. The van der Waals surface area contributed by atoms with Crippen molar-refractivity contribution in [3.05, 3.63) is 23.8 Å². The summed E-state index contributed by atoms with van der Waals surface area (Å²) in [5, 5.41) is 15.2. The Morgan fingerprint density at radius 3 is 3.11 bits per heavy atom. The molecule has 0 fully saturated rings. The molecule has 1 aromatic carbocycles. The lowest BCUT2D eigenvalue weighted by Gasteiger charge is -2.19. The highest BCUT2D eigenvalue weighted by molar-refractivity contribution is 5.95. The number of nitrogens with one attached hydrogen (secondary N) is 2. The predicted molar refractivity (Wildman–Crippen MR) is 73.1 cm³/mol. The number of anilines is 1. The Hall–Kier alpha value is -1.59. The third-order valence-electron chi connectivity index (χ3n) is 3.27. The van der Waals surface area contributed by atoms with E-state index < -0.39 is 0 Å². The Morgan fingerprint density at radius 1 is 1.53 bits per heavy atom. The van der Waals surface area contributed by atoms with Gasteiger partial charge < -0.3 is 20.5 Å². The molecule has 0 saturated heterocycles. The summed E-state index contributed by atoms with van der Waals surface area (Å²) >= 11 is 0. The Kier molecular flexibility index (Phi) is 4.76. The van der Waals surface area contributed by atoms with Crippen LogP contribution in [0.3, 0.4) is 0 Å². The molecule has 0 radical (unpaired) electrons. The van der Waals surface area contributed by atoms with E-state index in [1.165, 1.54) is 0 Å². The second kappa shape index (κ2) is 6.54. The number of aliphatic hydroxyl groups excluding tert-OH is 1. The van der Waals surface area contributed by atoms with E-state index >= 15 is 0 Å². The van der Waals surface area contributed by atoms with Gasteiger partial charge in [-0.1, -0.05) is 13.0 Å². The summed E-state index contributed by atoms with van der Waals surface area (Å²) in [6.07, 6.45) is 0.956. The van der Waals surface area contributed by atoms with E-state index in [0.717, 1.165) is 24.2 Å². The molecule has 0 bridgehead atoms. The highest BCUT2D eigenvalue weighted by Crippen LogP contribution is 2.28. The summed E-state index contributed by atoms with van der Waals surface area (Å²) in [7, 11) is 0. The minimum absolute atomic E-state index is 0.0826. The molecule has 1 heterocycles. The zero-order valence-corrected chi connectivity index (χ0v) is 11.1. The largest absolute Gasteiger partial charge is 0.482 e. The summed E-state index contributed by atoms with van der Waals surface area (Å²) in [4.78, 5) is 11.2. The third kappa shape index (κ3) is 3.68. The fourth-order valence-electron chi connectivity index (χ4n) is 2.00. The van der Waals surface area contributed by atoms with Crippen molar-refractivity contribution in [3.63, 3.8) is 0 Å². The van der Waals surface area contributed by atoms with Crippen LogP contribution >= 0.6 is 0 Å². The Bertz CT molecular complexity index is 444. The molecular weight excluding hydrogens is 244 g/mol. The van der Waals surface area contributed by atoms with Gasteiger partial charge in [-0.05, 0) is 30.0 Å². The van der Waals surface area contributed by atoms with Gasteiger partial charge in [0.05, 0.1) is 5.69 Å². The lowest BCUT2D eigenvalue weighted by molar-refractivity contribution is -0.118. The molecule has 1 aliphatic heterocycles. The van der Waals surface area contributed by atoms with E-state index in [-0.39, 0.29) is 19.1 Å². The van der Waals surface area contributed by atoms with Crippen LogP contribution in [0.2, 0.25) is 0 Å². The maximum Gasteiger partial charge on any atom is 0.262 e. The van der Waals surface area contributed by atoms with Crippen LogP contribution in [-0.4, -0.2) is 30.8 Å². The molecule has 3 N–H and O–H groups in total. The Balaban J connectivity index is 1.91. The Morgan fingerprint density at radius 2 is 2.37 bits per heavy atom. The lowest BCUT2D eigenvalue weighted by Crippen LogP contribution is -2.26. The number of ether oxygens (including phenoxy) is 1. The predicted octanol–water partition coefficient (Wildman–Crippen LogP) is 1.13. The Labute approximate surface area is 113 Å². The smallest absolute Gasteiger partial charge is 0.262 e. The number of fused-ring (bicyclic) bond motifs is 1. The topological polar surface area (TPSA) is 70.6 Å². The van der Waals surface area contributed by atoms with Crippen molar-refractivity contribution >= 4 is 11.6 Å². The van der Waals surface area contributed by atoms with Crippen LogP contribution in [0.1, 0.15) is 18.9 Å². The van der Waals surface area contributed by atoms with Gasteiger partial charge in [0.15, 0.2) is 6.61 Å². The third-order valence-corrected chi connectivity index (χ3v) is 3.27. The van der Waals surface area contributed by atoms with Crippen molar-refractivity contribution in [1.29, 1.82) is 0 Å². The highest BCUT2D eigenvalue weighted by Gasteiger charge is 2.15. The van der Waals surface area contributed by atoms with E-state index in [2.05, 4.69) is 17.6 Å². The molecule has 0 aromatic heterocycles. The van der Waals surface area contributed by atoms with Crippen molar-refractivity contribution in [2.75, 3.05) is 25.1 Å². The van der Waals surface area contributed by atoms with Crippen LogP contribution in [0, 0.1) is 5.92 Å². The molecule has 104 valence electrons. The molecular formula is C14H20N2O3. The number of rotatable bonds is 6. The van der Waals surface area contributed by atoms with Crippen molar-refractivity contribution in [1.82, 2.24) is 5.32 Å². The summed E-state index contributed by atoms with van der Waals surface area (Å²) in [6.45, 7) is 3.85. The first kappa shape index (κ1) is 13.8. The second-order valence-electron chi connectivity index (χ2n) is 4.76. The SMILES string of the molecule is CCC(CO)CNCc1ccc2c(c1)NC(=O)CO2. The van der Waals surface area contributed by atoms with Crippen LogP contribution in [0.25, 0.3) is 0 Å². The fraction of sp³-hybridized carbons (Fsp3) is 0.500. The minimum atomic E-state index is -0.121. The van der Waals surface area contributed by atoms with E-state index in [4.69, 9.17) is 9.84 Å². The molecule has 5 nitrogen and oxygen atoms in total. The van der Waals surface area contributed by atoms with Crippen LogP contribution in [-0.2, 0) is 11.3 Å². The number of aliphatic hydroxyl groups is 1. The summed E-state index contributed by atoms with van der Waals surface area (Å²) < 4.78 is 5.30. The molecule has 1 aliphatic rings. The van der Waals surface area contributed by atoms with Crippen LogP contribution in [0.15, 0.2) is 18.2 Å². The molecule has 2 rings (SSSR count). The molecule has 0 aliphatic carbocycles. The number of carbonyl (C=O) groups is 1. The molecule has 5 heteroatoms. The standard InChI is InChI=1S/C14H20N2O3/c1-2-10(8-17)6-15-7-11-3-4-13-12(5-11)16-14(18)9-19-13/h3-5,10,15,17H,2,6-9H2,1H3,(H,16,18). The van der Waals surface area contributed by atoms with Crippen LogP contribution < -0.4 is 15.4 Å². The van der Waals surface area contributed by atoms with Crippen molar-refractivity contribution < 1.29 is 14.6 Å². The van der Waals surface area contributed by atoms with Crippen molar-refractivity contribution in [3.8, 4) is 5.75 Å². The fourth-order valence-corrected chi connectivity index (χ4v) is 2.00. The van der Waals surface area contributed by atoms with E-state index in [1.807, 2.05) is 18.2 Å². The van der Waals surface area contributed by atoms with Crippen LogP contribution in [0.5, 0.6) is 5.75 Å². The number of carbonyl (C=O) groups excluding carboxylic acids is 1. The first-order valence-electron chi connectivity index (χ1n) is 6.60. The van der Waals surface area contributed by atoms with E-state index in [9.17, 15) is 4.79 Å². The molecule has 1 unspecified atom stereocenters. The van der Waals surface area contributed by atoms with E-state index in [0.29, 0.717) is 18.2 Å². The van der Waals surface area contributed by atoms with Crippen molar-refractivity contribution in [2.45, 2.75) is 19.9 Å².